The number of hydrogen-bond donors (Lipinski definition) is 1. The van der Waals surface area contributed by atoms with Gasteiger partial charge in [0.25, 0.3) is 0 Å². The third kappa shape index (κ3) is 3.74. The Labute approximate surface area is 121 Å². The van der Waals surface area contributed by atoms with Gasteiger partial charge in [0.1, 0.15) is 11.9 Å². The van der Waals surface area contributed by atoms with Crippen LogP contribution >= 0.6 is 0 Å². The lowest BCUT2D eigenvalue weighted by Crippen LogP contribution is -2.31. The third-order valence-electron chi connectivity index (χ3n) is 4.21. The highest BCUT2D eigenvalue weighted by Crippen LogP contribution is 2.34. The summed E-state index contributed by atoms with van der Waals surface area (Å²) in [5.74, 6) is 1.27. The molecule has 0 saturated heterocycles. The molecule has 1 N–H and O–H groups in total. The van der Waals surface area contributed by atoms with Crippen LogP contribution in [0, 0.1) is 5.92 Å². The molecule has 112 valence electrons. The zero-order chi connectivity index (χ0) is 14.4. The van der Waals surface area contributed by atoms with Gasteiger partial charge in [-0.1, -0.05) is 31.4 Å². The Kier molecular flexibility index (Phi) is 5.86. The van der Waals surface area contributed by atoms with Gasteiger partial charge < -0.3 is 14.6 Å². The Morgan fingerprint density at radius 3 is 2.65 bits per heavy atom. The van der Waals surface area contributed by atoms with Gasteiger partial charge in [-0.05, 0) is 43.4 Å². The van der Waals surface area contributed by atoms with E-state index in [0.717, 1.165) is 24.2 Å². The molecule has 20 heavy (non-hydrogen) atoms. The number of methoxy groups -OCH3 is 1. The quantitative estimate of drug-likeness (QED) is 0.862. The maximum absolute atomic E-state index is 10.6. The van der Waals surface area contributed by atoms with E-state index >= 15 is 0 Å². The summed E-state index contributed by atoms with van der Waals surface area (Å²) < 4.78 is 11.1. The van der Waals surface area contributed by atoms with E-state index in [-0.39, 0.29) is 6.10 Å². The molecule has 1 aromatic carbocycles. The first-order chi connectivity index (χ1) is 9.76. The van der Waals surface area contributed by atoms with Gasteiger partial charge in [-0.25, -0.2) is 0 Å². The van der Waals surface area contributed by atoms with Gasteiger partial charge in [0, 0.05) is 7.11 Å². The van der Waals surface area contributed by atoms with Gasteiger partial charge in [0.2, 0.25) is 0 Å². The zero-order valence-corrected chi connectivity index (χ0v) is 12.5. The van der Waals surface area contributed by atoms with Crippen molar-refractivity contribution in [1.29, 1.82) is 0 Å². The minimum Gasteiger partial charge on any atom is -0.494 e. The molecule has 1 aliphatic carbocycles. The van der Waals surface area contributed by atoms with Crippen LogP contribution in [-0.2, 0) is 4.74 Å². The van der Waals surface area contributed by atoms with Crippen molar-refractivity contribution >= 4 is 0 Å². The summed E-state index contributed by atoms with van der Waals surface area (Å²) in [7, 11) is 1.70. The standard InChI is InChI=1S/C17H26O3/c1-3-20-15-11-7-10-14(12-15)16(18)17(19-2)13-8-5-4-6-9-13/h7,10-13,16-18H,3-6,8-9H2,1-2H3. The molecule has 0 amide bonds. The van der Waals surface area contributed by atoms with Crippen LogP contribution in [0.1, 0.15) is 50.7 Å². The lowest BCUT2D eigenvalue weighted by Gasteiger charge is -2.32. The normalized spacial score (nSPS) is 19.6. The summed E-state index contributed by atoms with van der Waals surface area (Å²) in [5, 5.41) is 10.6. The highest BCUT2D eigenvalue weighted by molar-refractivity contribution is 5.30. The first kappa shape index (κ1) is 15.3. The predicted molar refractivity (Wildman–Crippen MR) is 79.9 cm³/mol. The van der Waals surface area contributed by atoms with E-state index in [1.54, 1.807) is 7.11 Å². The van der Waals surface area contributed by atoms with Gasteiger partial charge in [0.15, 0.2) is 0 Å². The second kappa shape index (κ2) is 7.65. The summed E-state index contributed by atoms with van der Waals surface area (Å²) in [6, 6.07) is 7.71. The molecule has 1 fully saturated rings. The third-order valence-corrected chi connectivity index (χ3v) is 4.21. The summed E-state index contributed by atoms with van der Waals surface area (Å²) in [6.07, 6.45) is 5.41. The van der Waals surface area contributed by atoms with Crippen LogP contribution in [0.2, 0.25) is 0 Å². The molecule has 0 spiro atoms. The molecule has 2 atom stereocenters. The molecule has 0 aliphatic heterocycles. The van der Waals surface area contributed by atoms with Crippen LogP contribution in [0.4, 0.5) is 0 Å². The maximum atomic E-state index is 10.6. The Balaban J connectivity index is 2.10. The highest BCUT2D eigenvalue weighted by atomic mass is 16.5. The lowest BCUT2D eigenvalue weighted by atomic mass is 9.82. The molecule has 2 rings (SSSR count). The largest absolute Gasteiger partial charge is 0.494 e. The molecule has 0 heterocycles. The van der Waals surface area contributed by atoms with E-state index in [1.165, 1.54) is 19.3 Å². The fraction of sp³-hybridized carbons (Fsp3) is 0.647. The number of ether oxygens (including phenoxy) is 2. The van der Waals surface area contributed by atoms with Crippen molar-refractivity contribution in [1.82, 2.24) is 0 Å². The van der Waals surface area contributed by atoms with E-state index < -0.39 is 6.10 Å². The topological polar surface area (TPSA) is 38.7 Å². The number of benzene rings is 1. The van der Waals surface area contributed by atoms with E-state index in [1.807, 2.05) is 31.2 Å². The van der Waals surface area contributed by atoms with Crippen molar-refractivity contribution in [2.24, 2.45) is 5.92 Å². The summed E-state index contributed by atoms with van der Waals surface area (Å²) in [5.41, 5.74) is 0.883. The molecule has 1 aliphatic rings. The SMILES string of the molecule is CCOc1cccc(C(O)C(OC)C2CCCCC2)c1. The van der Waals surface area contributed by atoms with Crippen molar-refractivity contribution in [2.75, 3.05) is 13.7 Å². The average Bonchev–Trinajstić information content (AvgIpc) is 2.50. The number of aliphatic hydroxyl groups is 1. The van der Waals surface area contributed by atoms with Crippen molar-refractivity contribution in [3.63, 3.8) is 0 Å². The predicted octanol–water partition coefficient (Wildman–Crippen LogP) is 3.71. The molecule has 1 saturated carbocycles. The molecule has 0 radical (unpaired) electrons. The minimum atomic E-state index is -0.580. The molecule has 0 bridgehead atoms. The summed E-state index contributed by atoms with van der Waals surface area (Å²) >= 11 is 0. The number of aliphatic hydroxyl groups excluding tert-OH is 1. The van der Waals surface area contributed by atoms with Gasteiger partial charge in [-0.15, -0.1) is 0 Å². The summed E-state index contributed by atoms with van der Waals surface area (Å²) in [4.78, 5) is 0. The Hall–Kier alpha value is -1.06. The fourth-order valence-corrected chi connectivity index (χ4v) is 3.19. The van der Waals surface area contributed by atoms with Crippen LogP contribution in [0.25, 0.3) is 0 Å². The molecular weight excluding hydrogens is 252 g/mol. The summed E-state index contributed by atoms with van der Waals surface area (Å²) in [6.45, 7) is 2.60. The molecule has 3 nitrogen and oxygen atoms in total. The second-order valence-electron chi connectivity index (χ2n) is 5.55. The Morgan fingerprint density at radius 1 is 1.25 bits per heavy atom. The monoisotopic (exact) mass is 278 g/mol. The fourth-order valence-electron chi connectivity index (χ4n) is 3.19. The van der Waals surface area contributed by atoms with Crippen LogP contribution in [0.15, 0.2) is 24.3 Å². The minimum absolute atomic E-state index is 0.118. The van der Waals surface area contributed by atoms with Crippen molar-refractivity contribution in [2.45, 2.75) is 51.2 Å². The van der Waals surface area contributed by atoms with Crippen molar-refractivity contribution in [3.05, 3.63) is 29.8 Å². The lowest BCUT2D eigenvalue weighted by molar-refractivity contribution is -0.0559. The van der Waals surface area contributed by atoms with E-state index in [9.17, 15) is 5.11 Å². The van der Waals surface area contributed by atoms with E-state index in [4.69, 9.17) is 9.47 Å². The maximum Gasteiger partial charge on any atom is 0.119 e. The van der Waals surface area contributed by atoms with Gasteiger partial charge >= 0.3 is 0 Å². The smallest absolute Gasteiger partial charge is 0.119 e. The number of hydrogen-bond acceptors (Lipinski definition) is 3. The molecule has 2 unspecified atom stereocenters. The Bertz CT molecular complexity index is 399. The molecular formula is C17H26O3. The molecule has 3 heteroatoms. The first-order valence-electron chi connectivity index (χ1n) is 7.70. The molecule has 1 aromatic rings. The second-order valence-corrected chi connectivity index (χ2v) is 5.55. The average molecular weight is 278 g/mol. The van der Waals surface area contributed by atoms with Crippen LogP contribution in [0.3, 0.4) is 0 Å². The zero-order valence-electron chi connectivity index (χ0n) is 12.5. The van der Waals surface area contributed by atoms with Crippen molar-refractivity contribution in [3.8, 4) is 5.75 Å². The van der Waals surface area contributed by atoms with Gasteiger partial charge in [0.05, 0.1) is 12.7 Å². The van der Waals surface area contributed by atoms with E-state index in [2.05, 4.69) is 0 Å². The van der Waals surface area contributed by atoms with Crippen LogP contribution in [0.5, 0.6) is 5.75 Å². The highest BCUT2D eigenvalue weighted by Gasteiger charge is 2.30. The Morgan fingerprint density at radius 2 is 2.00 bits per heavy atom. The van der Waals surface area contributed by atoms with E-state index in [0.29, 0.717) is 12.5 Å². The van der Waals surface area contributed by atoms with Crippen molar-refractivity contribution < 1.29 is 14.6 Å². The van der Waals surface area contributed by atoms with Crippen LogP contribution in [-0.4, -0.2) is 24.9 Å². The number of rotatable bonds is 6. The van der Waals surface area contributed by atoms with Gasteiger partial charge in [-0.2, -0.15) is 0 Å². The van der Waals surface area contributed by atoms with Gasteiger partial charge in [-0.3, -0.25) is 0 Å². The first-order valence-corrected chi connectivity index (χ1v) is 7.70. The molecule has 0 aromatic heterocycles. The van der Waals surface area contributed by atoms with Crippen LogP contribution < -0.4 is 4.74 Å².